The molecule has 1 aliphatic carbocycles. The fraction of sp³-hybridized carbons (Fsp3) is 0.191. The van der Waals surface area contributed by atoms with Crippen molar-refractivity contribution in [1.29, 1.82) is 0 Å². The van der Waals surface area contributed by atoms with Crippen LogP contribution in [0.3, 0.4) is 0 Å². The number of hydrogen-bond acceptors (Lipinski definition) is 10. The molecule has 9 rings (SSSR count). The fourth-order valence-electron chi connectivity index (χ4n) is 7.54. The Balaban J connectivity index is 1.08. The number of benzene rings is 4. The highest BCUT2D eigenvalue weighted by molar-refractivity contribution is 8.07. The number of hydrogen-bond donors (Lipinski definition) is 0. The first-order valence-electron chi connectivity index (χ1n) is 19.0. The number of thiophene rings is 2. The van der Waals surface area contributed by atoms with Gasteiger partial charge in [-0.15, -0.1) is 69.7 Å². The number of ketones is 2. The number of anilines is 4. The molecule has 0 N–H and O–H groups in total. The topological polar surface area (TPSA) is 40.6 Å². The largest absolute Gasteiger partial charge is 0.340 e. The Hall–Kier alpha value is -3.90. The van der Waals surface area contributed by atoms with Crippen LogP contribution in [-0.2, 0) is 9.59 Å². The molecule has 286 valence electrons. The van der Waals surface area contributed by atoms with Gasteiger partial charge in [0.1, 0.15) is 0 Å². The minimum atomic E-state index is -0.0926. The monoisotopic (exact) mass is 856 g/mol. The number of rotatable bonds is 11. The summed E-state index contributed by atoms with van der Waals surface area (Å²) >= 11 is 11.8. The fourth-order valence-corrected chi connectivity index (χ4v) is 16.8. The third kappa shape index (κ3) is 8.22. The molecule has 4 heterocycles. The molecule has 0 radical (unpaired) electrons. The van der Waals surface area contributed by atoms with Crippen molar-refractivity contribution in [2.24, 2.45) is 0 Å². The standard InChI is InChI=1S/C47H40N2O2S6/c1-30-42-44(52-29-38(55-42)26-32-25-37(50)23-24-39(32)51)46(53-30)47-45-43(31(2)54-47)56-40(27-48(33-15-7-3-8-16-33)34-17-9-4-10-18-34)41(57-45)28-49(35-19-11-5-12-20-35)36-21-13-6-14-22-36/h3-25,38,40-41H,26-29H2,1-2H3. The number of thioether (sulfide) groups is 4. The summed E-state index contributed by atoms with van der Waals surface area (Å²) in [5, 5.41) is 0.778. The van der Waals surface area contributed by atoms with Crippen molar-refractivity contribution in [2.45, 2.75) is 55.6 Å². The van der Waals surface area contributed by atoms with Crippen LogP contribution in [0.15, 0.2) is 165 Å². The van der Waals surface area contributed by atoms with Crippen LogP contribution >= 0.6 is 69.7 Å². The molecule has 10 heteroatoms. The molecule has 57 heavy (non-hydrogen) atoms. The SMILES string of the molecule is Cc1sc(-c2sc(C)c3c2SC(CN(c2ccccc2)c2ccccc2)C(CN(c2ccccc2)c2ccccc2)S3)c2c1SC(CC1=CC(=O)C=CC1=O)CS2. The van der Waals surface area contributed by atoms with Crippen molar-refractivity contribution in [3.8, 4) is 9.75 Å². The van der Waals surface area contributed by atoms with E-state index in [1.165, 1.54) is 80.1 Å². The summed E-state index contributed by atoms with van der Waals surface area (Å²) in [4.78, 5) is 40.7. The maximum absolute atomic E-state index is 12.6. The number of allylic oxidation sites excluding steroid dienone is 4. The van der Waals surface area contributed by atoms with E-state index in [-0.39, 0.29) is 27.3 Å². The van der Waals surface area contributed by atoms with Gasteiger partial charge in [-0.05, 0) is 87.0 Å². The van der Waals surface area contributed by atoms with Crippen molar-refractivity contribution in [3.05, 3.63) is 155 Å². The number of nitrogens with zero attached hydrogens (tertiary/aromatic N) is 2. The van der Waals surface area contributed by atoms with Crippen molar-refractivity contribution >= 4 is 104 Å². The van der Waals surface area contributed by atoms with E-state index in [1.807, 2.05) is 46.2 Å². The van der Waals surface area contributed by atoms with E-state index >= 15 is 0 Å². The third-order valence-corrected chi connectivity index (χ3v) is 19.5. The molecule has 6 aromatic rings. The number of para-hydroxylation sites is 4. The lowest BCUT2D eigenvalue weighted by atomic mass is 9.99. The Morgan fingerprint density at radius 1 is 0.544 bits per heavy atom. The molecular weight excluding hydrogens is 817 g/mol. The van der Waals surface area contributed by atoms with E-state index in [0.29, 0.717) is 12.0 Å². The van der Waals surface area contributed by atoms with E-state index in [4.69, 9.17) is 0 Å². The van der Waals surface area contributed by atoms with Crippen molar-refractivity contribution in [3.63, 3.8) is 0 Å². The molecule has 3 unspecified atom stereocenters. The third-order valence-electron chi connectivity index (χ3n) is 10.3. The van der Waals surface area contributed by atoms with Crippen molar-refractivity contribution in [2.75, 3.05) is 28.6 Å². The first-order chi connectivity index (χ1) is 27.9. The van der Waals surface area contributed by atoms with Crippen LogP contribution in [0.2, 0.25) is 0 Å². The molecule has 2 aliphatic heterocycles. The van der Waals surface area contributed by atoms with Gasteiger partial charge in [0.15, 0.2) is 11.6 Å². The van der Waals surface area contributed by atoms with Crippen LogP contribution < -0.4 is 9.80 Å². The van der Waals surface area contributed by atoms with E-state index in [0.717, 1.165) is 18.8 Å². The minimum Gasteiger partial charge on any atom is -0.340 e. The zero-order valence-electron chi connectivity index (χ0n) is 31.5. The summed E-state index contributed by atoms with van der Waals surface area (Å²) in [6.07, 6.45) is 4.94. The Kier molecular flexibility index (Phi) is 11.6. The molecule has 3 atom stereocenters. The van der Waals surface area contributed by atoms with Crippen LogP contribution in [0.5, 0.6) is 0 Å². The van der Waals surface area contributed by atoms with Crippen LogP contribution in [0.1, 0.15) is 16.2 Å². The normalized spacial score (nSPS) is 18.8. The lowest BCUT2D eigenvalue weighted by Crippen LogP contribution is -2.41. The molecular formula is C47H40N2O2S6. The van der Waals surface area contributed by atoms with Gasteiger partial charge in [-0.25, -0.2) is 0 Å². The van der Waals surface area contributed by atoms with E-state index in [1.54, 1.807) is 0 Å². The van der Waals surface area contributed by atoms with Crippen molar-refractivity contribution in [1.82, 2.24) is 0 Å². The summed E-state index contributed by atoms with van der Waals surface area (Å²) in [6, 6.07) is 43.3. The first-order valence-corrected chi connectivity index (χ1v) is 24.3. The first kappa shape index (κ1) is 38.6. The number of carbonyl (C=O) groups is 2. The molecule has 0 saturated heterocycles. The Labute approximate surface area is 359 Å². The highest BCUT2D eigenvalue weighted by Crippen LogP contribution is 2.60. The van der Waals surface area contributed by atoms with Gasteiger partial charge in [-0.1, -0.05) is 72.8 Å². The van der Waals surface area contributed by atoms with Gasteiger partial charge in [-0.2, -0.15) is 0 Å². The zero-order chi connectivity index (χ0) is 38.9. The molecule has 0 amide bonds. The molecule has 0 spiro atoms. The highest BCUT2D eigenvalue weighted by atomic mass is 32.2. The average molecular weight is 857 g/mol. The van der Waals surface area contributed by atoms with E-state index < -0.39 is 0 Å². The summed E-state index contributed by atoms with van der Waals surface area (Å²) in [5.74, 6) is 0.774. The second-order valence-corrected chi connectivity index (χ2v) is 21.5. The van der Waals surface area contributed by atoms with Crippen LogP contribution in [0.25, 0.3) is 9.75 Å². The number of fused-ring (bicyclic) bond motifs is 2. The number of aryl methyl sites for hydroxylation is 2. The summed E-state index contributed by atoms with van der Waals surface area (Å²) in [6.45, 7) is 6.26. The maximum atomic E-state index is 12.6. The Bertz CT molecular complexity index is 2380. The summed E-state index contributed by atoms with van der Waals surface area (Å²) < 4.78 is 0. The van der Waals surface area contributed by atoms with Crippen LogP contribution in [0, 0.1) is 13.8 Å². The lowest BCUT2D eigenvalue weighted by molar-refractivity contribution is -0.114. The predicted octanol–water partition coefficient (Wildman–Crippen LogP) is 13.3. The Morgan fingerprint density at radius 2 is 0.982 bits per heavy atom. The van der Waals surface area contributed by atoms with Crippen LogP contribution in [0.4, 0.5) is 22.7 Å². The van der Waals surface area contributed by atoms with Gasteiger partial charge in [0, 0.05) is 92.3 Å². The van der Waals surface area contributed by atoms with E-state index in [2.05, 4.69) is 168 Å². The lowest BCUT2D eigenvalue weighted by Gasteiger charge is -2.39. The van der Waals surface area contributed by atoms with E-state index in [9.17, 15) is 9.59 Å². The number of carbonyl (C=O) groups excluding carboxylic acids is 2. The van der Waals surface area contributed by atoms with Gasteiger partial charge in [0.05, 0.1) is 9.75 Å². The summed E-state index contributed by atoms with van der Waals surface area (Å²) in [5.41, 5.74) is 5.42. The second kappa shape index (κ2) is 17.1. The minimum absolute atomic E-state index is 0.0365. The highest BCUT2D eigenvalue weighted by Gasteiger charge is 2.39. The average Bonchev–Trinajstić information content (AvgIpc) is 3.75. The molecule has 0 bridgehead atoms. The predicted molar refractivity (Wildman–Crippen MR) is 248 cm³/mol. The van der Waals surface area contributed by atoms with Gasteiger partial charge in [-0.3, -0.25) is 9.59 Å². The zero-order valence-corrected chi connectivity index (χ0v) is 36.4. The smallest absolute Gasteiger partial charge is 0.182 e. The van der Waals surface area contributed by atoms with Gasteiger partial charge < -0.3 is 9.80 Å². The quantitative estimate of drug-likeness (QED) is 0.119. The maximum Gasteiger partial charge on any atom is 0.182 e. The van der Waals surface area contributed by atoms with Crippen molar-refractivity contribution < 1.29 is 9.59 Å². The molecule has 4 aromatic carbocycles. The van der Waals surface area contributed by atoms with Gasteiger partial charge in [0.2, 0.25) is 0 Å². The molecule has 0 fully saturated rings. The molecule has 2 aromatic heterocycles. The molecule has 0 saturated carbocycles. The van der Waals surface area contributed by atoms with Gasteiger partial charge in [0.25, 0.3) is 0 Å². The Morgan fingerprint density at radius 3 is 1.47 bits per heavy atom. The molecule has 4 nitrogen and oxygen atoms in total. The van der Waals surface area contributed by atoms with Crippen LogP contribution in [-0.4, -0.2) is 46.2 Å². The van der Waals surface area contributed by atoms with Gasteiger partial charge >= 0.3 is 0 Å². The summed E-state index contributed by atoms with van der Waals surface area (Å²) in [7, 11) is 0. The second-order valence-electron chi connectivity index (χ2n) is 14.2. The molecule has 3 aliphatic rings.